The third-order valence-electron chi connectivity index (χ3n) is 1.57. The maximum absolute atomic E-state index is 5.43. The molecular weight excluding hydrogens is 198 g/mol. The van der Waals surface area contributed by atoms with Gasteiger partial charge in [-0.15, -0.1) is 6.58 Å². The molecule has 3 N–H and O–H groups in total. The van der Waals surface area contributed by atoms with Gasteiger partial charge in [0.05, 0.1) is 6.20 Å². The van der Waals surface area contributed by atoms with E-state index in [1.54, 1.807) is 18.0 Å². The van der Waals surface area contributed by atoms with E-state index in [4.69, 9.17) is 5.73 Å². The molecule has 14 heavy (non-hydrogen) atoms. The van der Waals surface area contributed by atoms with E-state index in [-0.39, 0.29) is 5.95 Å². The molecule has 72 valence electrons. The Morgan fingerprint density at radius 1 is 1.57 bits per heavy atom. The molecule has 5 nitrogen and oxygen atoms in total. The third kappa shape index (κ3) is 1.69. The summed E-state index contributed by atoms with van der Waals surface area (Å²) in [6.07, 6.45) is 3.44. The van der Waals surface area contributed by atoms with Crippen LogP contribution in [0, 0.1) is 0 Å². The monoisotopic (exact) mass is 207 g/mol. The maximum atomic E-state index is 5.43. The van der Waals surface area contributed by atoms with Crippen LogP contribution in [0.4, 0.5) is 5.95 Å². The number of fused-ring (bicyclic) bond motifs is 1. The van der Waals surface area contributed by atoms with E-state index in [0.717, 1.165) is 16.4 Å². The number of rotatable bonds is 3. The molecular formula is C8H9N5S. The number of H-pyrrole nitrogens is 1. The highest BCUT2D eigenvalue weighted by Gasteiger charge is 2.04. The van der Waals surface area contributed by atoms with Gasteiger partial charge in [-0.3, -0.25) is 0 Å². The van der Waals surface area contributed by atoms with Crippen molar-refractivity contribution in [3.05, 3.63) is 18.9 Å². The summed E-state index contributed by atoms with van der Waals surface area (Å²) >= 11 is 1.56. The average molecular weight is 207 g/mol. The molecule has 0 atom stereocenters. The highest BCUT2D eigenvalue weighted by atomic mass is 32.2. The summed E-state index contributed by atoms with van der Waals surface area (Å²) in [6, 6.07) is 0. The fourth-order valence-electron chi connectivity index (χ4n) is 1.00. The van der Waals surface area contributed by atoms with Crippen LogP contribution in [0.1, 0.15) is 0 Å². The second-order valence-corrected chi connectivity index (χ2v) is 3.62. The lowest BCUT2D eigenvalue weighted by molar-refractivity contribution is 1.08. The number of anilines is 1. The van der Waals surface area contributed by atoms with Crippen LogP contribution in [-0.4, -0.2) is 25.7 Å². The van der Waals surface area contributed by atoms with Gasteiger partial charge >= 0.3 is 0 Å². The summed E-state index contributed by atoms with van der Waals surface area (Å²) in [5.74, 6) is 1.05. The highest BCUT2D eigenvalue weighted by Crippen LogP contribution is 2.17. The summed E-state index contributed by atoms with van der Waals surface area (Å²) in [5.41, 5.74) is 6.83. The first kappa shape index (κ1) is 9.01. The van der Waals surface area contributed by atoms with E-state index >= 15 is 0 Å². The van der Waals surface area contributed by atoms with E-state index in [9.17, 15) is 0 Å². The molecule has 2 rings (SSSR count). The number of hydrogen-bond acceptors (Lipinski definition) is 5. The number of nitrogens with zero attached hydrogens (tertiary/aromatic N) is 3. The maximum Gasteiger partial charge on any atom is 0.222 e. The molecule has 0 bridgehead atoms. The van der Waals surface area contributed by atoms with Crippen molar-refractivity contribution in [2.24, 2.45) is 0 Å². The van der Waals surface area contributed by atoms with E-state index in [1.807, 2.05) is 6.08 Å². The summed E-state index contributed by atoms with van der Waals surface area (Å²) in [4.78, 5) is 15.2. The number of imidazole rings is 1. The molecule has 0 radical (unpaired) electrons. The van der Waals surface area contributed by atoms with Crippen LogP contribution in [0.3, 0.4) is 0 Å². The molecule has 0 aliphatic rings. The number of aromatic amines is 1. The van der Waals surface area contributed by atoms with Gasteiger partial charge in [0, 0.05) is 5.75 Å². The van der Waals surface area contributed by atoms with Gasteiger partial charge in [0.1, 0.15) is 5.52 Å². The normalized spacial score (nSPS) is 10.6. The van der Waals surface area contributed by atoms with Crippen molar-refractivity contribution >= 4 is 28.9 Å². The zero-order valence-corrected chi connectivity index (χ0v) is 8.21. The Morgan fingerprint density at radius 3 is 3.21 bits per heavy atom. The molecule has 0 spiro atoms. The van der Waals surface area contributed by atoms with E-state index in [1.165, 1.54) is 0 Å². The van der Waals surface area contributed by atoms with Crippen molar-refractivity contribution in [1.82, 2.24) is 19.9 Å². The molecule has 0 aliphatic carbocycles. The number of nitrogens with one attached hydrogen (secondary N) is 1. The minimum Gasteiger partial charge on any atom is -0.368 e. The van der Waals surface area contributed by atoms with Gasteiger partial charge in [0.25, 0.3) is 0 Å². The lowest BCUT2D eigenvalue weighted by atomic mass is 10.6. The smallest absolute Gasteiger partial charge is 0.222 e. The summed E-state index contributed by atoms with van der Waals surface area (Å²) in [6.45, 7) is 3.63. The number of nitrogen functional groups attached to an aromatic ring is 1. The number of nitrogens with two attached hydrogens (primary N) is 1. The van der Waals surface area contributed by atoms with Crippen LogP contribution in [-0.2, 0) is 0 Å². The first-order valence-corrected chi connectivity index (χ1v) is 5.00. The second-order valence-electron chi connectivity index (χ2n) is 2.61. The quantitative estimate of drug-likeness (QED) is 0.584. The van der Waals surface area contributed by atoms with Crippen LogP contribution in [0.25, 0.3) is 11.2 Å². The van der Waals surface area contributed by atoms with Crippen LogP contribution in [0.15, 0.2) is 24.0 Å². The van der Waals surface area contributed by atoms with E-state index in [2.05, 4.69) is 26.5 Å². The molecule has 2 aromatic rings. The molecule has 0 amide bonds. The zero-order chi connectivity index (χ0) is 9.97. The Labute approximate surface area is 84.8 Å². The van der Waals surface area contributed by atoms with Crippen molar-refractivity contribution in [3.63, 3.8) is 0 Å². The molecule has 0 saturated heterocycles. The molecule has 0 aromatic carbocycles. The minimum atomic E-state index is 0.240. The first-order chi connectivity index (χ1) is 6.79. The zero-order valence-electron chi connectivity index (χ0n) is 7.40. The van der Waals surface area contributed by atoms with E-state index in [0.29, 0.717) is 5.65 Å². The van der Waals surface area contributed by atoms with Gasteiger partial charge < -0.3 is 10.7 Å². The predicted octanol–water partition coefficient (Wildman–Crippen LogP) is 1.21. The SMILES string of the molecule is C=CCSc1nc2nc(N)ncc2[nH]1. The minimum absolute atomic E-state index is 0.240. The van der Waals surface area contributed by atoms with Gasteiger partial charge in [0.15, 0.2) is 10.8 Å². The Balaban J connectivity index is 2.36. The van der Waals surface area contributed by atoms with Crippen LogP contribution >= 0.6 is 11.8 Å². The largest absolute Gasteiger partial charge is 0.368 e. The van der Waals surface area contributed by atoms with Gasteiger partial charge in [0.2, 0.25) is 5.95 Å². The Morgan fingerprint density at radius 2 is 2.43 bits per heavy atom. The molecule has 0 saturated carbocycles. The molecule has 2 heterocycles. The summed E-state index contributed by atoms with van der Waals surface area (Å²) in [7, 11) is 0. The van der Waals surface area contributed by atoms with Crippen molar-refractivity contribution in [2.75, 3.05) is 11.5 Å². The molecule has 2 aromatic heterocycles. The summed E-state index contributed by atoms with van der Waals surface area (Å²) < 4.78 is 0. The summed E-state index contributed by atoms with van der Waals surface area (Å²) in [5, 5.41) is 0.805. The molecule has 0 aliphatic heterocycles. The second kappa shape index (κ2) is 3.67. The standard InChI is InChI=1S/C8H9N5S/c1-2-3-14-8-11-5-4-10-7(9)12-6(5)13-8/h2,4H,1,3H2,(H3,9,10,11,12,13). The van der Waals surface area contributed by atoms with Crippen LogP contribution < -0.4 is 5.73 Å². The Bertz CT molecular complexity index is 464. The first-order valence-electron chi connectivity index (χ1n) is 4.01. The number of thioether (sulfide) groups is 1. The van der Waals surface area contributed by atoms with Crippen LogP contribution in [0.2, 0.25) is 0 Å². The topological polar surface area (TPSA) is 80.5 Å². The lowest BCUT2D eigenvalue weighted by Gasteiger charge is -1.87. The lowest BCUT2D eigenvalue weighted by Crippen LogP contribution is -1.93. The molecule has 0 fully saturated rings. The van der Waals surface area contributed by atoms with Crippen LogP contribution in [0.5, 0.6) is 0 Å². The van der Waals surface area contributed by atoms with Crippen molar-refractivity contribution < 1.29 is 0 Å². The number of aromatic nitrogens is 4. The van der Waals surface area contributed by atoms with Gasteiger partial charge in [-0.1, -0.05) is 17.8 Å². The third-order valence-corrected chi connectivity index (χ3v) is 2.44. The average Bonchev–Trinajstić information content (AvgIpc) is 2.56. The predicted molar refractivity (Wildman–Crippen MR) is 57.0 cm³/mol. The Kier molecular flexibility index (Phi) is 2.36. The fraction of sp³-hybridized carbons (Fsp3) is 0.125. The van der Waals surface area contributed by atoms with Gasteiger partial charge in [-0.2, -0.15) is 4.98 Å². The van der Waals surface area contributed by atoms with E-state index < -0.39 is 0 Å². The van der Waals surface area contributed by atoms with Gasteiger partial charge in [-0.05, 0) is 0 Å². The van der Waals surface area contributed by atoms with Crippen molar-refractivity contribution in [3.8, 4) is 0 Å². The highest BCUT2D eigenvalue weighted by molar-refractivity contribution is 7.99. The van der Waals surface area contributed by atoms with Crippen molar-refractivity contribution in [1.29, 1.82) is 0 Å². The van der Waals surface area contributed by atoms with Gasteiger partial charge in [-0.25, -0.2) is 9.97 Å². The fourth-order valence-corrected chi connectivity index (χ4v) is 1.61. The molecule has 6 heteroatoms. The van der Waals surface area contributed by atoms with Crippen molar-refractivity contribution in [2.45, 2.75) is 5.16 Å². The molecule has 0 unspecified atom stereocenters. The Hall–Kier alpha value is -1.56. The number of hydrogen-bond donors (Lipinski definition) is 2.